The molecule has 0 aliphatic carbocycles. The predicted octanol–water partition coefficient (Wildman–Crippen LogP) is 2.01. The van der Waals surface area contributed by atoms with E-state index in [-0.39, 0.29) is 0 Å². The fourth-order valence-electron chi connectivity index (χ4n) is 3.58. The van der Waals surface area contributed by atoms with Gasteiger partial charge in [-0.15, -0.1) is 0 Å². The minimum Gasteiger partial charge on any atom is -0.316 e. The fraction of sp³-hybridized carbons (Fsp3) is 1.00. The third kappa shape index (κ3) is 2.94. The third-order valence-electron chi connectivity index (χ3n) is 4.20. The van der Waals surface area contributed by atoms with Crippen LogP contribution in [0, 0.1) is 17.3 Å². The Bertz CT molecular complexity index is 181. The summed E-state index contributed by atoms with van der Waals surface area (Å²) in [6.45, 7) is 9.75. The van der Waals surface area contributed by atoms with Gasteiger partial charge in [0.2, 0.25) is 0 Å². The number of hydrogen-bond donors (Lipinski definition) is 2. The predicted molar refractivity (Wildman–Crippen MR) is 65.0 cm³/mol. The monoisotopic (exact) mass is 210 g/mol. The van der Waals surface area contributed by atoms with Gasteiger partial charge in [-0.25, -0.2) is 0 Å². The lowest BCUT2D eigenvalue weighted by atomic mass is 9.72. The van der Waals surface area contributed by atoms with E-state index in [1.807, 2.05) is 0 Å². The van der Waals surface area contributed by atoms with Crippen LogP contribution in [-0.2, 0) is 0 Å². The molecule has 2 aliphatic heterocycles. The minimum atomic E-state index is 0.596. The Morgan fingerprint density at radius 3 is 2.67 bits per heavy atom. The summed E-state index contributed by atoms with van der Waals surface area (Å²) in [6, 6.07) is 0. The highest BCUT2D eigenvalue weighted by molar-refractivity contribution is 4.90. The molecule has 88 valence electrons. The van der Waals surface area contributed by atoms with Gasteiger partial charge < -0.3 is 10.6 Å². The van der Waals surface area contributed by atoms with Crippen LogP contribution in [0.3, 0.4) is 0 Å². The van der Waals surface area contributed by atoms with Crippen molar-refractivity contribution >= 4 is 0 Å². The second-order valence-electron chi connectivity index (χ2n) is 6.04. The van der Waals surface area contributed by atoms with Crippen molar-refractivity contribution in [3.05, 3.63) is 0 Å². The molecule has 2 nitrogen and oxygen atoms in total. The molecule has 0 aromatic carbocycles. The van der Waals surface area contributed by atoms with Crippen LogP contribution in [0.15, 0.2) is 0 Å². The molecule has 0 radical (unpaired) electrons. The average molecular weight is 210 g/mol. The van der Waals surface area contributed by atoms with Crippen LogP contribution in [-0.4, -0.2) is 26.2 Å². The molecule has 1 spiro atoms. The maximum atomic E-state index is 3.66. The first-order valence-electron chi connectivity index (χ1n) is 6.62. The molecular formula is C13H26N2. The van der Waals surface area contributed by atoms with Crippen LogP contribution >= 0.6 is 0 Å². The van der Waals surface area contributed by atoms with Gasteiger partial charge in [0, 0.05) is 6.54 Å². The summed E-state index contributed by atoms with van der Waals surface area (Å²) in [5.74, 6) is 1.75. The van der Waals surface area contributed by atoms with Gasteiger partial charge in [0.15, 0.2) is 0 Å². The Hall–Kier alpha value is -0.0800. The van der Waals surface area contributed by atoms with E-state index in [0.717, 1.165) is 11.8 Å². The highest BCUT2D eigenvalue weighted by Gasteiger charge is 2.35. The number of rotatable bonds is 0. The van der Waals surface area contributed by atoms with E-state index in [1.165, 1.54) is 51.9 Å². The van der Waals surface area contributed by atoms with Gasteiger partial charge in [-0.3, -0.25) is 0 Å². The Labute approximate surface area is 94.2 Å². The largest absolute Gasteiger partial charge is 0.316 e. The highest BCUT2D eigenvalue weighted by atomic mass is 14.9. The molecule has 0 saturated carbocycles. The van der Waals surface area contributed by atoms with Crippen molar-refractivity contribution in [1.82, 2.24) is 10.6 Å². The molecule has 2 heteroatoms. The molecule has 2 rings (SSSR count). The first-order chi connectivity index (χ1) is 7.20. The molecule has 0 aromatic rings. The van der Waals surface area contributed by atoms with Crippen LogP contribution in [0.1, 0.15) is 39.5 Å². The zero-order chi connectivity index (χ0) is 10.7. The highest BCUT2D eigenvalue weighted by Crippen LogP contribution is 2.39. The topological polar surface area (TPSA) is 24.1 Å². The van der Waals surface area contributed by atoms with Crippen LogP contribution in [0.5, 0.6) is 0 Å². The van der Waals surface area contributed by atoms with Gasteiger partial charge in [0.25, 0.3) is 0 Å². The van der Waals surface area contributed by atoms with Gasteiger partial charge in [-0.1, -0.05) is 13.8 Å². The molecule has 2 N–H and O–H groups in total. The molecule has 3 atom stereocenters. The molecule has 2 fully saturated rings. The van der Waals surface area contributed by atoms with Gasteiger partial charge in [0.05, 0.1) is 0 Å². The Morgan fingerprint density at radius 1 is 1.00 bits per heavy atom. The summed E-state index contributed by atoms with van der Waals surface area (Å²) >= 11 is 0. The minimum absolute atomic E-state index is 0.596. The quantitative estimate of drug-likeness (QED) is 0.639. The summed E-state index contributed by atoms with van der Waals surface area (Å²) in [6.07, 6.45) is 5.58. The van der Waals surface area contributed by atoms with Crippen LogP contribution in [0.4, 0.5) is 0 Å². The normalized spacial score (nSPS) is 43.6. The van der Waals surface area contributed by atoms with E-state index >= 15 is 0 Å². The molecule has 2 aliphatic rings. The van der Waals surface area contributed by atoms with E-state index in [2.05, 4.69) is 24.5 Å². The fourth-order valence-corrected chi connectivity index (χ4v) is 3.58. The summed E-state index contributed by atoms with van der Waals surface area (Å²) in [5.41, 5.74) is 0.596. The van der Waals surface area contributed by atoms with Crippen molar-refractivity contribution in [2.75, 3.05) is 26.2 Å². The number of nitrogens with one attached hydrogen (secondary N) is 2. The van der Waals surface area contributed by atoms with E-state index in [4.69, 9.17) is 0 Å². The van der Waals surface area contributed by atoms with Crippen LogP contribution < -0.4 is 10.6 Å². The van der Waals surface area contributed by atoms with E-state index in [0.29, 0.717) is 5.41 Å². The standard InChI is InChI=1S/C13H26N2/c1-11-3-5-15-10-13(7-11)4-6-14-9-12(2)8-13/h11-12,14-15H,3-10H2,1-2H3. The smallest absolute Gasteiger partial charge is 0.000849 e. The van der Waals surface area contributed by atoms with Gasteiger partial charge in [-0.05, 0) is 62.6 Å². The molecular weight excluding hydrogens is 184 g/mol. The van der Waals surface area contributed by atoms with E-state index in [1.54, 1.807) is 0 Å². The maximum absolute atomic E-state index is 3.66. The first-order valence-corrected chi connectivity index (χ1v) is 6.62. The Morgan fingerprint density at radius 2 is 1.80 bits per heavy atom. The van der Waals surface area contributed by atoms with E-state index in [9.17, 15) is 0 Å². The Balaban J connectivity index is 2.06. The number of hydrogen-bond acceptors (Lipinski definition) is 2. The molecule has 0 aromatic heterocycles. The SMILES string of the molecule is CC1CCNCC2(CCNCC(C)C2)C1. The molecule has 3 unspecified atom stereocenters. The van der Waals surface area contributed by atoms with Crippen molar-refractivity contribution in [1.29, 1.82) is 0 Å². The molecule has 2 heterocycles. The second-order valence-corrected chi connectivity index (χ2v) is 6.04. The third-order valence-corrected chi connectivity index (χ3v) is 4.20. The van der Waals surface area contributed by atoms with Gasteiger partial charge in [-0.2, -0.15) is 0 Å². The molecule has 0 amide bonds. The van der Waals surface area contributed by atoms with Crippen LogP contribution in [0.2, 0.25) is 0 Å². The molecule has 0 bridgehead atoms. The lowest BCUT2D eigenvalue weighted by Crippen LogP contribution is -2.34. The summed E-state index contributed by atoms with van der Waals surface area (Å²) in [5, 5.41) is 7.23. The molecule has 15 heavy (non-hydrogen) atoms. The lowest BCUT2D eigenvalue weighted by Gasteiger charge is -2.34. The maximum Gasteiger partial charge on any atom is 0.000849 e. The summed E-state index contributed by atoms with van der Waals surface area (Å²) in [4.78, 5) is 0. The van der Waals surface area contributed by atoms with Crippen molar-refractivity contribution in [3.63, 3.8) is 0 Å². The van der Waals surface area contributed by atoms with Crippen LogP contribution in [0.25, 0.3) is 0 Å². The zero-order valence-corrected chi connectivity index (χ0v) is 10.3. The van der Waals surface area contributed by atoms with Crippen molar-refractivity contribution in [3.8, 4) is 0 Å². The lowest BCUT2D eigenvalue weighted by molar-refractivity contribution is 0.186. The second kappa shape index (κ2) is 4.84. The van der Waals surface area contributed by atoms with Gasteiger partial charge in [0.1, 0.15) is 0 Å². The summed E-state index contributed by atoms with van der Waals surface area (Å²) in [7, 11) is 0. The Kier molecular flexibility index (Phi) is 3.68. The van der Waals surface area contributed by atoms with E-state index < -0.39 is 0 Å². The van der Waals surface area contributed by atoms with Crippen molar-refractivity contribution in [2.24, 2.45) is 17.3 Å². The van der Waals surface area contributed by atoms with Gasteiger partial charge >= 0.3 is 0 Å². The zero-order valence-electron chi connectivity index (χ0n) is 10.3. The average Bonchev–Trinajstić information content (AvgIpc) is 2.45. The first kappa shape index (κ1) is 11.4. The van der Waals surface area contributed by atoms with Crippen molar-refractivity contribution < 1.29 is 0 Å². The molecule has 2 saturated heterocycles. The van der Waals surface area contributed by atoms with Crippen molar-refractivity contribution in [2.45, 2.75) is 39.5 Å². The summed E-state index contributed by atoms with van der Waals surface area (Å²) < 4.78 is 0.